The van der Waals surface area contributed by atoms with Gasteiger partial charge >= 0.3 is 35.1 Å². The molecule has 1 rings (SSSR count). The monoisotopic (exact) mass is 456 g/mol. The van der Waals surface area contributed by atoms with E-state index in [1.165, 1.54) is 0 Å². The molecule has 168 valence electrons. The van der Waals surface area contributed by atoms with E-state index >= 15 is 0 Å². The Morgan fingerprint density at radius 1 is 1.03 bits per heavy atom. The van der Waals surface area contributed by atoms with Crippen LogP contribution in [0, 0.1) is 0 Å². The average molecular weight is 456 g/mol. The van der Waals surface area contributed by atoms with E-state index in [0.717, 1.165) is 6.42 Å². The maximum atomic E-state index is 13.6. The zero-order valence-corrected chi connectivity index (χ0v) is 15.8. The zero-order valence-electron chi connectivity index (χ0n) is 14.9. The second-order valence-electron chi connectivity index (χ2n) is 6.25. The third-order valence-corrected chi connectivity index (χ3v) is 4.37. The van der Waals surface area contributed by atoms with Crippen molar-refractivity contribution >= 4 is 24.6 Å². The molecule has 0 spiro atoms. The van der Waals surface area contributed by atoms with Gasteiger partial charge in [0, 0.05) is 12.5 Å². The number of halogens is 7. The summed E-state index contributed by atoms with van der Waals surface area (Å²) in [7, 11) is 0. The molecule has 5 nitrogen and oxygen atoms in total. The van der Waals surface area contributed by atoms with Crippen molar-refractivity contribution in [2.45, 2.75) is 67.8 Å². The molecule has 1 unspecified atom stereocenters. The lowest BCUT2D eigenvalue weighted by Gasteiger charge is -2.34. The summed E-state index contributed by atoms with van der Waals surface area (Å²) < 4.78 is 106. The molecule has 29 heavy (non-hydrogen) atoms. The van der Waals surface area contributed by atoms with Gasteiger partial charge in [0.05, 0.1) is 6.61 Å². The topological polar surface area (TPSA) is 61.8 Å². The molecule has 0 aromatic rings. The van der Waals surface area contributed by atoms with Crippen LogP contribution < -0.4 is 0 Å². The lowest BCUT2D eigenvalue weighted by molar-refractivity contribution is -0.358. The highest BCUT2D eigenvalue weighted by Crippen LogP contribution is 2.42. The molecule has 0 aromatic heterocycles. The van der Waals surface area contributed by atoms with Crippen LogP contribution in [0.15, 0.2) is 12.7 Å². The summed E-state index contributed by atoms with van der Waals surface area (Å²) in [5, 5.41) is -4.86. The van der Waals surface area contributed by atoms with Crippen molar-refractivity contribution in [3.8, 4) is 0 Å². The molecule has 1 fully saturated rings. The Hall–Kier alpha value is -1.50. The van der Waals surface area contributed by atoms with Crippen molar-refractivity contribution in [2.24, 2.45) is 0 Å². The smallest absolute Gasteiger partial charge is 0.457 e. The highest BCUT2D eigenvalue weighted by atomic mass is 32.1. The molecule has 0 aliphatic heterocycles. The molecule has 0 bridgehead atoms. The van der Waals surface area contributed by atoms with Crippen LogP contribution in [0.5, 0.6) is 0 Å². The predicted octanol–water partition coefficient (Wildman–Crippen LogP) is 4.41. The number of thiol groups is 1. The second-order valence-corrected chi connectivity index (χ2v) is 6.81. The third kappa shape index (κ3) is 6.49. The van der Waals surface area contributed by atoms with Crippen molar-refractivity contribution in [1.82, 2.24) is 0 Å². The zero-order chi connectivity index (χ0) is 22.5. The van der Waals surface area contributed by atoms with Crippen molar-refractivity contribution < 1.29 is 54.5 Å². The van der Waals surface area contributed by atoms with E-state index in [1.54, 1.807) is 0 Å². The molecule has 0 radical (unpaired) electrons. The van der Waals surface area contributed by atoms with Crippen LogP contribution in [0.3, 0.4) is 0 Å². The lowest BCUT2D eigenvalue weighted by Crippen LogP contribution is -2.59. The molecule has 1 aliphatic rings. The number of alkyl halides is 7. The van der Waals surface area contributed by atoms with E-state index in [2.05, 4.69) is 28.7 Å². The summed E-state index contributed by atoms with van der Waals surface area (Å²) >= 11 is 2.39. The SMILES string of the molecule is C=CC(=O)OC(OCCC(F)(F)C(F)(F)S)(C(=O)OC1CCCCC1)C(F)(F)F. The van der Waals surface area contributed by atoms with Crippen LogP contribution in [0.4, 0.5) is 30.7 Å². The van der Waals surface area contributed by atoms with Gasteiger partial charge in [0.1, 0.15) is 6.10 Å². The van der Waals surface area contributed by atoms with Crippen LogP contribution in [-0.2, 0) is 23.8 Å². The standard InChI is InChI=1S/C16H19F7O5S/c1-2-11(24)28-14(15(19,20)21,12(25)27-10-6-4-3-5-7-10)26-9-8-13(17,18)16(22,23)29/h2,10,29H,1,3-9H2. The molecule has 1 saturated carbocycles. The summed E-state index contributed by atoms with van der Waals surface area (Å²) in [6.07, 6.45) is -6.02. The first-order chi connectivity index (χ1) is 13.2. The number of ether oxygens (including phenoxy) is 3. The van der Waals surface area contributed by atoms with Gasteiger partial charge in [-0.2, -0.15) is 30.7 Å². The van der Waals surface area contributed by atoms with Crippen LogP contribution in [0.25, 0.3) is 0 Å². The summed E-state index contributed by atoms with van der Waals surface area (Å²) in [6.45, 7) is 1.15. The predicted molar refractivity (Wildman–Crippen MR) is 87.5 cm³/mol. The van der Waals surface area contributed by atoms with Crippen LogP contribution in [0.1, 0.15) is 38.5 Å². The summed E-state index contributed by atoms with van der Waals surface area (Å²) in [4.78, 5) is 23.6. The van der Waals surface area contributed by atoms with Gasteiger partial charge in [-0.3, -0.25) is 0 Å². The maximum Gasteiger partial charge on any atom is 0.468 e. The Kier molecular flexibility index (Phi) is 8.40. The molecular weight excluding hydrogens is 437 g/mol. The minimum atomic E-state index is -5.77. The summed E-state index contributed by atoms with van der Waals surface area (Å²) in [5.41, 5.74) is 0. The molecule has 0 N–H and O–H groups in total. The van der Waals surface area contributed by atoms with Gasteiger partial charge in [-0.1, -0.05) is 25.6 Å². The lowest BCUT2D eigenvalue weighted by atomic mass is 9.98. The van der Waals surface area contributed by atoms with Crippen molar-refractivity contribution in [3.63, 3.8) is 0 Å². The second kappa shape index (κ2) is 9.54. The van der Waals surface area contributed by atoms with Crippen LogP contribution >= 0.6 is 12.6 Å². The highest BCUT2D eigenvalue weighted by molar-refractivity contribution is 7.81. The first-order valence-electron chi connectivity index (χ1n) is 8.41. The largest absolute Gasteiger partial charge is 0.468 e. The van der Waals surface area contributed by atoms with E-state index in [-0.39, 0.29) is 18.9 Å². The minimum absolute atomic E-state index is 0.235. The van der Waals surface area contributed by atoms with E-state index in [9.17, 15) is 40.3 Å². The Labute approximate surface area is 166 Å². The molecule has 1 atom stereocenters. The van der Waals surface area contributed by atoms with Crippen molar-refractivity contribution in [3.05, 3.63) is 12.7 Å². The number of hydrogen-bond acceptors (Lipinski definition) is 6. The van der Waals surface area contributed by atoms with Crippen LogP contribution in [0.2, 0.25) is 0 Å². The van der Waals surface area contributed by atoms with E-state index in [0.29, 0.717) is 12.8 Å². The van der Waals surface area contributed by atoms with Crippen LogP contribution in [-0.4, -0.2) is 47.8 Å². The van der Waals surface area contributed by atoms with E-state index in [1.807, 2.05) is 0 Å². The quantitative estimate of drug-likeness (QED) is 0.183. The minimum Gasteiger partial charge on any atom is -0.457 e. The normalized spacial score (nSPS) is 18.6. The number of carbonyl (C=O) groups is 2. The van der Waals surface area contributed by atoms with Gasteiger partial charge in [-0.25, -0.2) is 9.59 Å². The Balaban J connectivity index is 3.11. The first-order valence-corrected chi connectivity index (χ1v) is 8.86. The molecule has 0 saturated heterocycles. The molecule has 1 aliphatic carbocycles. The third-order valence-electron chi connectivity index (χ3n) is 4.04. The molecule has 0 amide bonds. The van der Waals surface area contributed by atoms with Gasteiger partial charge in [0.2, 0.25) is 0 Å². The number of carbonyl (C=O) groups excluding carboxylic acids is 2. The van der Waals surface area contributed by atoms with Crippen molar-refractivity contribution in [1.29, 1.82) is 0 Å². The Morgan fingerprint density at radius 3 is 2.03 bits per heavy atom. The fraction of sp³-hybridized carbons (Fsp3) is 0.750. The molecule has 13 heteroatoms. The Bertz CT molecular complexity index is 599. The number of esters is 2. The van der Waals surface area contributed by atoms with Gasteiger partial charge < -0.3 is 14.2 Å². The van der Waals surface area contributed by atoms with Gasteiger partial charge in [0.15, 0.2) is 0 Å². The summed E-state index contributed by atoms with van der Waals surface area (Å²) in [6, 6.07) is 0. The van der Waals surface area contributed by atoms with E-state index < -0.39 is 54.2 Å². The Morgan fingerprint density at radius 2 is 1.59 bits per heavy atom. The summed E-state index contributed by atoms with van der Waals surface area (Å²) in [5.74, 6) is -13.3. The van der Waals surface area contributed by atoms with Crippen molar-refractivity contribution in [2.75, 3.05) is 6.61 Å². The molecular formula is C16H19F7O5S. The average Bonchev–Trinajstić information content (AvgIpc) is 2.59. The van der Waals surface area contributed by atoms with Gasteiger partial charge in [-0.05, 0) is 25.7 Å². The van der Waals surface area contributed by atoms with Gasteiger partial charge in [0.25, 0.3) is 0 Å². The van der Waals surface area contributed by atoms with E-state index in [4.69, 9.17) is 4.74 Å². The fourth-order valence-electron chi connectivity index (χ4n) is 2.45. The fourth-order valence-corrected chi connectivity index (χ4v) is 2.57. The maximum absolute atomic E-state index is 13.6. The number of rotatable bonds is 9. The first kappa shape index (κ1) is 25.5. The highest BCUT2D eigenvalue weighted by Gasteiger charge is 2.68. The number of hydrogen-bond donors (Lipinski definition) is 1. The molecule has 0 aromatic carbocycles. The van der Waals surface area contributed by atoms with Gasteiger partial charge in [-0.15, -0.1) is 0 Å². The molecule has 0 heterocycles.